The highest BCUT2D eigenvalue weighted by Crippen LogP contribution is 2.00. The lowest BCUT2D eigenvalue weighted by molar-refractivity contribution is 0.520. The molecule has 3 N–H and O–H groups in total. The first-order valence-electron chi connectivity index (χ1n) is 11.1. The fourth-order valence-corrected chi connectivity index (χ4v) is 2.41. The van der Waals surface area contributed by atoms with Gasteiger partial charge < -0.3 is 16.0 Å². The van der Waals surface area contributed by atoms with E-state index < -0.39 is 0 Å². The van der Waals surface area contributed by atoms with Crippen molar-refractivity contribution >= 4 is 0 Å². The molecule has 24 heavy (non-hydrogen) atoms. The van der Waals surface area contributed by atoms with Gasteiger partial charge in [0, 0.05) is 0 Å². The minimum absolute atomic E-state index is 1.25. The topological polar surface area (TPSA) is 36.1 Å². The smallest absolute Gasteiger partial charge is 0.00484 e. The van der Waals surface area contributed by atoms with Gasteiger partial charge in [-0.3, -0.25) is 0 Å². The second-order valence-corrected chi connectivity index (χ2v) is 5.43. The van der Waals surface area contributed by atoms with E-state index in [-0.39, 0.29) is 0 Å². The van der Waals surface area contributed by atoms with E-state index in [0.717, 1.165) is 0 Å². The second kappa shape index (κ2) is 34.3. The Balaban J connectivity index is -0.000000240. The van der Waals surface area contributed by atoms with Gasteiger partial charge in [0.25, 0.3) is 0 Å². The van der Waals surface area contributed by atoms with Crippen molar-refractivity contribution in [3.8, 4) is 0 Å². The maximum atomic E-state index is 3.35. The van der Waals surface area contributed by atoms with Gasteiger partial charge in [0.15, 0.2) is 0 Å². The van der Waals surface area contributed by atoms with Crippen LogP contribution in [0.25, 0.3) is 0 Å². The van der Waals surface area contributed by atoms with Crippen LogP contribution in [0.5, 0.6) is 0 Å². The number of piperidine rings is 1. The summed E-state index contributed by atoms with van der Waals surface area (Å²) in [7, 11) is 0. The van der Waals surface area contributed by atoms with E-state index in [2.05, 4.69) is 16.0 Å². The van der Waals surface area contributed by atoms with E-state index in [0.29, 0.717) is 0 Å². The molecular weight excluding hydrogens is 294 g/mol. The number of nitrogens with one attached hydrogen (secondary N) is 3. The molecule has 0 radical (unpaired) electrons. The fraction of sp³-hybridized carbons (Fsp3) is 1.00. The SMILES string of the molecule is C1CCCNCC1.C1CCNC1.C1CCNCC1.CC.CC.CC. The normalized spacial score (nSPS) is 18.8. The largest absolute Gasteiger partial charge is 0.317 e. The molecule has 3 fully saturated rings. The molecule has 0 saturated carbocycles. The lowest BCUT2D eigenvalue weighted by Crippen LogP contribution is -2.21. The summed E-state index contributed by atoms with van der Waals surface area (Å²) >= 11 is 0. The Bertz CT molecular complexity index is 116. The predicted molar refractivity (Wildman–Crippen MR) is 114 cm³/mol. The number of hydrogen-bond donors (Lipinski definition) is 3. The minimum Gasteiger partial charge on any atom is -0.317 e. The van der Waals surface area contributed by atoms with Crippen LogP contribution in [-0.4, -0.2) is 39.3 Å². The first-order valence-corrected chi connectivity index (χ1v) is 11.1. The van der Waals surface area contributed by atoms with Crippen molar-refractivity contribution in [3.63, 3.8) is 0 Å². The summed E-state index contributed by atoms with van der Waals surface area (Å²) < 4.78 is 0. The zero-order valence-corrected chi connectivity index (χ0v) is 18.1. The summed E-state index contributed by atoms with van der Waals surface area (Å²) in [5.74, 6) is 0. The number of hydrogen-bond acceptors (Lipinski definition) is 3. The maximum Gasteiger partial charge on any atom is -0.00484 e. The zero-order chi connectivity index (χ0) is 18.7. The van der Waals surface area contributed by atoms with Crippen LogP contribution in [0.3, 0.4) is 0 Å². The molecule has 0 atom stereocenters. The molecule has 3 rings (SSSR count). The van der Waals surface area contributed by atoms with Crippen LogP contribution in [0, 0.1) is 0 Å². The fourth-order valence-electron chi connectivity index (χ4n) is 2.41. The molecule has 3 saturated heterocycles. The average Bonchev–Trinajstić information content (AvgIpc) is 3.16. The van der Waals surface area contributed by atoms with Crippen LogP contribution in [0.4, 0.5) is 0 Å². The molecule has 0 aromatic carbocycles. The van der Waals surface area contributed by atoms with Gasteiger partial charge in [-0.1, -0.05) is 60.8 Å². The van der Waals surface area contributed by atoms with Gasteiger partial charge in [0.1, 0.15) is 0 Å². The summed E-state index contributed by atoms with van der Waals surface area (Å²) in [6.45, 7) is 19.5. The first-order chi connectivity index (χ1) is 12.0. The van der Waals surface area contributed by atoms with Gasteiger partial charge in [-0.15, -0.1) is 0 Å². The Morgan fingerprint density at radius 3 is 0.667 bits per heavy atom. The molecule has 0 spiro atoms. The lowest BCUT2D eigenvalue weighted by Gasteiger charge is -2.08. The molecule has 3 aliphatic heterocycles. The van der Waals surface area contributed by atoms with E-state index >= 15 is 0 Å². The molecular formula is C21H51N3. The summed E-state index contributed by atoms with van der Waals surface area (Å²) in [5, 5.41) is 9.85. The van der Waals surface area contributed by atoms with Gasteiger partial charge in [0.2, 0.25) is 0 Å². The third-order valence-corrected chi connectivity index (χ3v) is 3.62. The molecule has 0 aromatic rings. The Morgan fingerprint density at radius 1 is 0.292 bits per heavy atom. The van der Waals surface area contributed by atoms with Gasteiger partial charge >= 0.3 is 0 Å². The van der Waals surface area contributed by atoms with Crippen LogP contribution in [-0.2, 0) is 0 Å². The molecule has 3 heteroatoms. The van der Waals surface area contributed by atoms with Crippen molar-refractivity contribution < 1.29 is 0 Å². The Kier molecular flexibility index (Phi) is 40.9. The zero-order valence-electron chi connectivity index (χ0n) is 18.1. The lowest BCUT2D eigenvalue weighted by atomic mass is 10.2. The van der Waals surface area contributed by atoms with E-state index in [1.54, 1.807) is 0 Å². The van der Waals surface area contributed by atoms with Crippen molar-refractivity contribution in [3.05, 3.63) is 0 Å². The van der Waals surface area contributed by atoms with Crippen LogP contribution < -0.4 is 16.0 Å². The monoisotopic (exact) mass is 345 g/mol. The minimum atomic E-state index is 1.25. The van der Waals surface area contributed by atoms with Gasteiger partial charge in [-0.05, 0) is 77.8 Å². The third kappa shape index (κ3) is 29.8. The average molecular weight is 346 g/mol. The van der Waals surface area contributed by atoms with Gasteiger partial charge in [-0.2, -0.15) is 0 Å². The van der Waals surface area contributed by atoms with E-state index in [4.69, 9.17) is 0 Å². The van der Waals surface area contributed by atoms with E-state index in [1.807, 2.05) is 41.5 Å². The summed E-state index contributed by atoms with van der Waals surface area (Å²) in [5.41, 5.74) is 0. The Morgan fingerprint density at radius 2 is 0.458 bits per heavy atom. The summed E-state index contributed by atoms with van der Waals surface area (Å²) in [4.78, 5) is 0. The highest BCUT2D eigenvalue weighted by molar-refractivity contribution is 4.56. The van der Waals surface area contributed by atoms with Crippen LogP contribution in [0.15, 0.2) is 0 Å². The molecule has 3 nitrogen and oxygen atoms in total. The molecule has 0 unspecified atom stereocenters. The molecule has 3 aliphatic rings. The van der Waals surface area contributed by atoms with Crippen molar-refractivity contribution in [2.24, 2.45) is 0 Å². The van der Waals surface area contributed by atoms with E-state index in [1.165, 1.54) is 97.1 Å². The highest BCUT2D eigenvalue weighted by Gasteiger charge is 1.94. The van der Waals surface area contributed by atoms with Crippen molar-refractivity contribution in [2.75, 3.05) is 39.3 Å². The van der Waals surface area contributed by atoms with E-state index in [9.17, 15) is 0 Å². The summed E-state index contributed by atoms with van der Waals surface area (Å²) in [6.07, 6.45) is 12.6. The highest BCUT2D eigenvalue weighted by atomic mass is 14.9. The number of rotatable bonds is 0. The molecule has 0 bridgehead atoms. The molecule has 0 aromatic heterocycles. The van der Waals surface area contributed by atoms with Crippen LogP contribution in [0.2, 0.25) is 0 Å². The Hall–Kier alpha value is -0.120. The maximum absolute atomic E-state index is 3.35. The quantitative estimate of drug-likeness (QED) is 0.553. The van der Waals surface area contributed by atoms with Crippen LogP contribution in [0.1, 0.15) is 99.3 Å². The van der Waals surface area contributed by atoms with Crippen LogP contribution >= 0.6 is 0 Å². The van der Waals surface area contributed by atoms with Gasteiger partial charge in [0.05, 0.1) is 0 Å². The van der Waals surface area contributed by atoms with Crippen molar-refractivity contribution in [1.82, 2.24) is 16.0 Å². The molecule has 0 aliphatic carbocycles. The van der Waals surface area contributed by atoms with Crippen molar-refractivity contribution in [1.29, 1.82) is 0 Å². The standard InChI is InChI=1S/C6H13N.C5H11N.C4H9N.3C2H6/c1-2-4-6-7-5-3-1;1-2-4-6-5-3-1;1-2-4-5-3-1;3*1-2/h7H,1-6H2;6H,1-5H2;5H,1-4H2;3*1-2H3. The third-order valence-electron chi connectivity index (χ3n) is 3.62. The Labute approximate surface area is 155 Å². The van der Waals surface area contributed by atoms with Crippen molar-refractivity contribution in [2.45, 2.75) is 99.3 Å². The van der Waals surface area contributed by atoms with Gasteiger partial charge in [-0.25, -0.2) is 0 Å². The predicted octanol–water partition coefficient (Wildman–Crippen LogP) is 5.36. The summed E-state index contributed by atoms with van der Waals surface area (Å²) in [6, 6.07) is 0. The molecule has 150 valence electrons. The molecule has 3 heterocycles. The molecule has 0 amide bonds. The first kappa shape index (κ1) is 28.7. The second-order valence-electron chi connectivity index (χ2n) is 5.43.